The smallest absolute Gasteiger partial charge is 0.248 e. The average Bonchev–Trinajstić information content (AvgIpc) is 2.72. The molecule has 2 nitrogen and oxygen atoms in total. The van der Waals surface area contributed by atoms with Gasteiger partial charge in [-0.2, -0.15) is 0 Å². The van der Waals surface area contributed by atoms with E-state index in [9.17, 15) is 9.50 Å². The van der Waals surface area contributed by atoms with Crippen molar-refractivity contribution in [2.24, 2.45) is 0 Å². The number of nitrogens with one attached hydrogen (secondary N) is 1. The lowest BCUT2D eigenvalue weighted by Gasteiger charge is -2.26. The van der Waals surface area contributed by atoms with E-state index in [-0.39, 0.29) is 0 Å². The van der Waals surface area contributed by atoms with E-state index in [4.69, 9.17) is 0 Å². The Balaban J connectivity index is 2.22. The van der Waals surface area contributed by atoms with Crippen molar-refractivity contribution in [3.8, 4) is 0 Å². The molecule has 0 saturated carbocycles. The first-order valence-electron chi connectivity index (χ1n) is 4.91. The summed E-state index contributed by atoms with van der Waals surface area (Å²) in [6.45, 7) is 0.781. The summed E-state index contributed by atoms with van der Waals surface area (Å²) in [5.74, 6) is -2.24. The predicted octanol–water partition coefficient (Wildman–Crippen LogP) is 1.55. The van der Waals surface area contributed by atoms with Gasteiger partial charge in [-0.1, -0.05) is 30.3 Å². The van der Waals surface area contributed by atoms with E-state index < -0.39 is 11.9 Å². The topological polar surface area (TPSA) is 32.3 Å². The third kappa shape index (κ3) is 1.65. The second-order valence-corrected chi connectivity index (χ2v) is 3.69. The summed E-state index contributed by atoms with van der Waals surface area (Å²) in [4.78, 5) is 0. The molecule has 0 bridgehead atoms. The van der Waals surface area contributed by atoms with Gasteiger partial charge in [-0.05, 0) is 19.4 Å². The van der Waals surface area contributed by atoms with Crippen molar-refractivity contribution in [3.63, 3.8) is 0 Å². The Kier molecular flexibility index (Phi) is 2.52. The quantitative estimate of drug-likeness (QED) is 0.750. The van der Waals surface area contributed by atoms with Crippen LogP contribution in [0.15, 0.2) is 30.3 Å². The molecule has 1 aromatic rings. The number of halogens is 1. The molecule has 0 aromatic heterocycles. The molecule has 0 radical (unpaired) electrons. The third-order valence-corrected chi connectivity index (χ3v) is 2.70. The van der Waals surface area contributed by atoms with Crippen LogP contribution in [0.3, 0.4) is 0 Å². The maximum absolute atomic E-state index is 14.0. The Morgan fingerprint density at radius 3 is 2.64 bits per heavy atom. The number of aliphatic hydroxyl groups is 1. The van der Waals surface area contributed by atoms with Gasteiger partial charge in [0.15, 0.2) is 0 Å². The Labute approximate surface area is 82.8 Å². The highest BCUT2D eigenvalue weighted by atomic mass is 19.2. The minimum Gasteiger partial charge on any atom is -0.357 e. The van der Waals surface area contributed by atoms with Crippen molar-refractivity contribution < 1.29 is 9.50 Å². The van der Waals surface area contributed by atoms with E-state index in [0.717, 1.165) is 13.0 Å². The van der Waals surface area contributed by atoms with Gasteiger partial charge in [-0.25, -0.2) is 4.39 Å². The second-order valence-electron chi connectivity index (χ2n) is 3.69. The van der Waals surface area contributed by atoms with Crippen LogP contribution < -0.4 is 5.32 Å². The van der Waals surface area contributed by atoms with Crippen LogP contribution in [-0.4, -0.2) is 17.7 Å². The molecule has 1 aliphatic heterocycles. The van der Waals surface area contributed by atoms with Gasteiger partial charge < -0.3 is 10.4 Å². The molecule has 2 N–H and O–H groups in total. The second kappa shape index (κ2) is 3.67. The molecule has 1 fully saturated rings. The van der Waals surface area contributed by atoms with Gasteiger partial charge in [-0.3, -0.25) is 0 Å². The Bertz CT molecular complexity index is 293. The van der Waals surface area contributed by atoms with Crippen molar-refractivity contribution in [2.75, 3.05) is 6.54 Å². The molecule has 1 aromatic carbocycles. The third-order valence-electron chi connectivity index (χ3n) is 2.70. The summed E-state index contributed by atoms with van der Waals surface area (Å²) in [6, 6.07) is 8.02. The zero-order valence-corrected chi connectivity index (χ0v) is 7.91. The first kappa shape index (κ1) is 9.62. The molecule has 14 heavy (non-hydrogen) atoms. The fourth-order valence-corrected chi connectivity index (χ4v) is 1.88. The summed E-state index contributed by atoms with van der Waals surface area (Å²) >= 11 is 0. The van der Waals surface area contributed by atoms with E-state index in [1.54, 1.807) is 24.3 Å². The van der Waals surface area contributed by atoms with Gasteiger partial charge in [0.1, 0.15) is 0 Å². The monoisotopic (exact) mass is 195 g/mol. The minimum absolute atomic E-state index is 0.333. The highest BCUT2D eigenvalue weighted by Gasteiger charge is 2.39. The minimum atomic E-state index is -2.24. The van der Waals surface area contributed by atoms with Crippen molar-refractivity contribution >= 4 is 0 Å². The van der Waals surface area contributed by atoms with Crippen molar-refractivity contribution in [2.45, 2.75) is 24.7 Å². The van der Waals surface area contributed by atoms with Crippen LogP contribution in [0.2, 0.25) is 0 Å². The number of alkyl halides is 1. The number of rotatable bonds is 2. The van der Waals surface area contributed by atoms with Crippen molar-refractivity contribution in [1.29, 1.82) is 0 Å². The molecule has 76 valence electrons. The van der Waals surface area contributed by atoms with Crippen LogP contribution in [0.1, 0.15) is 18.4 Å². The SMILES string of the molecule is O[C@](F)(c1ccccc1)[C@@H]1CCCN1. The van der Waals surface area contributed by atoms with E-state index >= 15 is 0 Å². The Morgan fingerprint density at radius 2 is 2.07 bits per heavy atom. The van der Waals surface area contributed by atoms with Crippen LogP contribution >= 0.6 is 0 Å². The van der Waals surface area contributed by atoms with Crippen LogP contribution in [0.4, 0.5) is 4.39 Å². The van der Waals surface area contributed by atoms with Gasteiger partial charge in [-0.15, -0.1) is 0 Å². The molecule has 0 unspecified atom stereocenters. The number of hydrogen-bond donors (Lipinski definition) is 2. The Hall–Kier alpha value is -0.930. The van der Waals surface area contributed by atoms with Gasteiger partial charge in [0, 0.05) is 5.56 Å². The lowest BCUT2D eigenvalue weighted by molar-refractivity contribution is -0.120. The van der Waals surface area contributed by atoms with Gasteiger partial charge in [0.2, 0.25) is 5.85 Å². The lowest BCUT2D eigenvalue weighted by Crippen LogP contribution is -2.41. The van der Waals surface area contributed by atoms with Gasteiger partial charge in [0.25, 0.3) is 0 Å². The number of benzene rings is 1. The molecule has 1 aliphatic rings. The van der Waals surface area contributed by atoms with E-state index in [1.165, 1.54) is 0 Å². The standard InChI is InChI=1S/C11H14FNO/c12-11(14,10-7-4-8-13-10)9-5-2-1-3-6-9/h1-3,5-6,10,13-14H,4,7-8H2/t10-,11+/m0/s1. The molecule has 1 saturated heterocycles. The largest absolute Gasteiger partial charge is 0.357 e. The molecule has 3 heteroatoms. The molecule has 0 amide bonds. The molecule has 1 heterocycles. The van der Waals surface area contributed by atoms with Crippen LogP contribution in [0, 0.1) is 0 Å². The lowest BCUT2D eigenvalue weighted by atomic mass is 9.98. The fourth-order valence-electron chi connectivity index (χ4n) is 1.88. The van der Waals surface area contributed by atoms with Crippen molar-refractivity contribution in [3.05, 3.63) is 35.9 Å². The summed E-state index contributed by atoms with van der Waals surface area (Å²) in [5, 5.41) is 12.7. The summed E-state index contributed by atoms with van der Waals surface area (Å²) in [7, 11) is 0. The molecule has 2 rings (SSSR count). The van der Waals surface area contributed by atoms with Gasteiger partial charge in [0.05, 0.1) is 6.04 Å². The highest BCUT2D eigenvalue weighted by Crippen LogP contribution is 2.30. The molecular formula is C11H14FNO. The van der Waals surface area contributed by atoms with Crippen LogP contribution in [0.5, 0.6) is 0 Å². The Morgan fingerprint density at radius 1 is 1.36 bits per heavy atom. The molecule has 2 atom stereocenters. The number of hydrogen-bond acceptors (Lipinski definition) is 2. The molecular weight excluding hydrogens is 181 g/mol. The zero-order valence-electron chi connectivity index (χ0n) is 7.91. The van der Waals surface area contributed by atoms with Crippen LogP contribution in [-0.2, 0) is 5.85 Å². The first-order valence-corrected chi connectivity index (χ1v) is 4.91. The maximum Gasteiger partial charge on any atom is 0.248 e. The predicted molar refractivity (Wildman–Crippen MR) is 52.5 cm³/mol. The van der Waals surface area contributed by atoms with E-state index in [0.29, 0.717) is 12.0 Å². The summed E-state index contributed by atoms with van der Waals surface area (Å²) < 4.78 is 14.0. The maximum atomic E-state index is 14.0. The van der Waals surface area contributed by atoms with E-state index in [1.807, 2.05) is 6.07 Å². The summed E-state index contributed by atoms with van der Waals surface area (Å²) in [5.41, 5.74) is 0.333. The van der Waals surface area contributed by atoms with Crippen LogP contribution in [0.25, 0.3) is 0 Å². The highest BCUT2D eigenvalue weighted by molar-refractivity contribution is 5.22. The fraction of sp³-hybridized carbons (Fsp3) is 0.455. The molecule has 0 aliphatic carbocycles. The van der Waals surface area contributed by atoms with Crippen molar-refractivity contribution in [1.82, 2.24) is 5.32 Å². The average molecular weight is 195 g/mol. The summed E-state index contributed by atoms with van der Waals surface area (Å²) in [6.07, 6.45) is 1.60. The zero-order chi connectivity index (χ0) is 10.0. The molecule has 0 spiro atoms. The van der Waals surface area contributed by atoms with Gasteiger partial charge >= 0.3 is 0 Å². The van der Waals surface area contributed by atoms with E-state index in [2.05, 4.69) is 5.32 Å². The first-order chi connectivity index (χ1) is 6.71. The normalized spacial score (nSPS) is 26.0.